The molecule has 1 saturated carbocycles. The lowest BCUT2D eigenvalue weighted by atomic mass is 10.1. The quantitative estimate of drug-likeness (QED) is 0.363. The molecule has 0 bridgehead atoms. The number of rotatable bonds is 5. The Bertz CT molecular complexity index is 1650. The van der Waals surface area contributed by atoms with E-state index in [4.69, 9.17) is 9.72 Å². The Morgan fingerprint density at radius 2 is 2.05 bits per heavy atom. The van der Waals surface area contributed by atoms with Crippen molar-refractivity contribution in [3.63, 3.8) is 0 Å². The zero-order chi connectivity index (χ0) is 25.2. The Balaban J connectivity index is 1.07. The molecule has 9 heteroatoms. The monoisotopic (exact) mass is 506 g/mol. The Labute approximate surface area is 220 Å². The fraction of sp³-hybridized carbons (Fsp3) is 0.345. The van der Waals surface area contributed by atoms with Crippen LogP contribution in [0.1, 0.15) is 31.5 Å². The molecule has 0 amide bonds. The molecular weight excluding hydrogens is 476 g/mol. The van der Waals surface area contributed by atoms with Gasteiger partial charge in [-0.15, -0.1) is 0 Å². The van der Waals surface area contributed by atoms with Crippen LogP contribution in [-0.4, -0.2) is 67.8 Å². The van der Waals surface area contributed by atoms with Crippen molar-refractivity contribution in [2.75, 3.05) is 36.5 Å². The van der Waals surface area contributed by atoms with Gasteiger partial charge in [0.1, 0.15) is 18.1 Å². The van der Waals surface area contributed by atoms with E-state index in [1.54, 1.807) is 0 Å². The number of H-pyrrole nitrogens is 1. The molecule has 0 radical (unpaired) electrons. The average Bonchev–Trinajstić information content (AvgIpc) is 3.50. The van der Waals surface area contributed by atoms with Crippen molar-refractivity contribution >= 4 is 27.9 Å². The molecule has 3 aromatic heterocycles. The maximum atomic E-state index is 6.28. The first-order valence-electron chi connectivity index (χ1n) is 13.5. The van der Waals surface area contributed by atoms with Crippen molar-refractivity contribution in [1.82, 2.24) is 29.5 Å². The lowest BCUT2D eigenvalue weighted by Gasteiger charge is -2.45. The molecule has 2 aromatic carbocycles. The average molecular weight is 507 g/mol. The van der Waals surface area contributed by atoms with Gasteiger partial charge in [0.2, 0.25) is 0 Å². The molecule has 2 aliphatic heterocycles. The van der Waals surface area contributed by atoms with E-state index in [9.17, 15) is 0 Å². The predicted octanol–water partition coefficient (Wildman–Crippen LogP) is 4.49. The molecule has 2 N–H and O–H groups in total. The summed E-state index contributed by atoms with van der Waals surface area (Å²) in [5.74, 6) is 0.957. The number of benzene rings is 2. The summed E-state index contributed by atoms with van der Waals surface area (Å²) in [5, 5.41) is 11.9. The molecule has 5 aromatic rings. The van der Waals surface area contributed by atoms with Crippen molar-refractivity contribution in [2.24, 2.45) is 0 Å². The second-order valence-electron chi connectivity index (χ2n) is 10.8. The van der Waals surface area contributed by atoms with Crippen molar-refractivity contribution in [3.8, 4) is 17.0 Å². The van der Waals surface area contributed by atoms with Gasteiger partial charge in [-0.1, -0.05) is 12.1 Å². The molecule has 1 aliphatic carbocycles. The topological polar surface area (TPSA) is 86.6 Å². The number of hydrogen-bond acceptors (Lipinski definition) is 7. The smallest absolute Gasteiger partial charge is 0.160 e. The number of nitrogens with one attached hydrogen (secondary N) is 2. The van der Waals surface area contributed by atoms with Crippen LogP contribution in [0.25, 0.3) is 27.8 Å². The summed E-state index contributed by atoms with van der Waals surface area (Å²) in [5.41, 5.74) is 6.88. The first-order valence-corrected chi connectivity index (χ1v) is 13.5. The molecule has 8 rings (SSSR count). The van der Waals surface area contributed by atoms with Crippen molar-refractivity contribution < 1.29 is 4.74 Å². The van der Waals surface area contributed by atoms with Gasteiger partial charge in [0.25, 0.3) is 0 Å². The summed E-state index contributed by atoms with van der Waals surface area (Å²) >= 11 is 0. The lowest BCUT2D eigenvalue weighted by molar-refractivity contribution is 0.161. The van der Waals surface area contributed by atoms with E-state index in [0.29, 0.717) is 6.04 Å². The van der Waals surface area contributed by atoms with Gasteiger partial charge in [-0.25, -0.2) is 9.97 Å². The number of aromatic nitrogens is 5. The Morgan fingerprint density at radius 1 is 1.11 bits per heavy atom. The summed E-state index contributed by atoms with van der Waals surface area (Å²) in [6.07, 6.45) is 10.4. The van der Waals surface area contributed by atoms with Gasteiger partial charge in [-0.3, -0.25) is 10.00 Å². The Morgan fingerprint density at radius 3 is 2.97 bits per heavy atom. The number of fused-ring (bicyclic) bond motifs is 5. The highest BCUT2D eigenvalue weighted by Gasteiger charge is 2.38. The van der Waals surface area contributed by atoms with Crippen LogP contribution >= 0.6 is 0 Å². The zero-order valence-electron chi connectivity index (χ0n) is 21.3. The van der Waals surface area contributed by atoms with Gasteiger partial charge in [-0.05, 0) is 38.0 Å². The maximum Gasteiger partial charge on any atom is 0.160 e. The first-order chi connectivity index (χ1) is 18.7. The van der Waals surface area contributed by atoms with Gasteiger partial charge in [-0.2, -0.15) is 5.10 Å². The highest BCUT2D eigenvalue weighted by Crippen LogP contribution is 2.39. The molecule has 2 fully saturated rings. The van der Waals surface area contributed by atoms with Crippen molar-refractivity contribution in [3.05, 3.63) is 66.9 Å². The third-order valence-electron chi connectivity index (χ3n) is 8.21. The van der Waals surface area contributed by atoms with Crippen LogP contribution in [-0.2, 0) is 0 Å². The number of anilines is 2. The van der Waals surface area contributed by atoms with Crippen LogP contribution in [0.3, 0.4) is 0 Å². The van der Waals surface area contributed by atoms with E-state index in [1.165, 1.54) is 18.5 Å². The van der Waals surface area contributed by atoms with E-state index in [-0.39, 0.29) is 6.04 Å². The summed E-state index contributed by atoms with van der Waals surface area (Å²) in [7, 11) is 0. The van der Waals surface area contributed by atoms with Gasteiger partial charge >= 0.3 is 0 Å². The van der Waals surface area contributed by atoms with Crippen molar-refractivity contribution in [2.45, 2.75) is 37.9 Å². The van der Waals surface area contributed by atoms with E-state index < -0.39 is 0 Å². The highest BCUT2D eigenvalue weighted by molar-refractivity contribution is 5.83. The van der Waals surface area contributed by atoms with Crippen LogP contribution in [0.2, 0.25) is 0 Å². The molecule has 0 unspecified atom stereocenters. The third-order valence-corrected chi connectivity index (χ3v) is 8.21. The molecule has 2 atom stereocenters. The number of ether oxygens (including phenoxy) is 1. The lowest BCUT2D eigenvalue weighted by Crippen LogP contribution is -2.57. The van der Waals surface area contributed by atoms with E-state index in [2.05, 4.69) is 73.6 Å². The molecular formula is C29H30N8O. The number of aromatic amines is 1. The molecule has 9 nitrogen and oxygen atoms in total. The van der Waals surface area contributed by atoms with Gasteiger partial charge in [0.05, 0.1) is 35.2 Å². The minimum atomic E-state index is -0.0628. The summed E-state index contributed by atoms with van der Waals surface area (Å²) in [4.78, 5) is 14.9. The highest BCUT2D eigenvalue weighted by atomic mass is 16.5. The van der Waals surface area contributed by atoms with Gasteiger partial charge in [0.15, 0.2) is 5.65 Å². The minimum Gasteiger partial charge on any atom is -0.489 e. The van der Waals surface area contributed by atoms with E-state index in [0.717, 1.165) is 77.2 Å². The van der Waals surface area contributed by atoms with Gasteiger partial charge in [0, 0.05) is 67.0 Å². The van der Waals surface area contributed by atoms with Gasteiger partial charge < -0.3 is 19.4 Å². The number of imidazole rings is 1. The maximum absolute atomic E-state index is 6.28. The van der Waals surface area contributed by atoms with Crippen LogP contribution in [0.5, 0.6) is 5.75 Å². The largest absolute Gasteiger partial charge is 0.489 e. The second kappa shape index (κ2) is 8.46. The summed E-state index contributed by atoms with van der Waals surface area (Å²) in [6.45, 7) is 6.20. The molecule has 38 heavy (non-hydrogen) atoms. The summed E-state index contributed by atoms with van der Waals surface area (Å²) < 4.78 is 8.33. The normalized spacial score (nSPS) is 20.2. The fourth-order valence-electron chi connectivity index (χ4n) is 6.05. The molecule has 1 saturated heterocycles. The first kappa shape index (κ1) is 21.9. The number of hydrogen-bond donors (Lipinski definition) is 2. The SMILES string of the molecule is C[C@H](Nc1ccc2c(c1)OC[C@H]1CN(C3CC3)CCN21)c1nc(-c2ccc3cn[nH]c3c2)cn2ccnc12. The number of piperazine rings is 1. The van der Waals surface area contributed by atoms with E-state index in [1.807, 2.05) is 29.2 Å². The van der Waals surface area contributed by atoms with Crippen LogP contribution in [0.4, 0.5) is 11.4 Å². The molecule has 0 spiro atoms. The Hall–Kier alpha value is -4.11. The van der Waals surface area contributed by atoms with Crippen LogP contribution in [0.15, 0.2) is 61.2 Å². The van der Waals surface area contributed by atoms with Crippen LogP contribution in [0, 0.1) is 0 Å². The summed E-state index contributed by atoms with van der Waals surface area (Å²) in [6, 6.07) is 13.9. The second-order valence-corrected chi connectivity index (χ2v) is 10.8. The fourth-order valence-corrected chi connectivity index (χ4v) is 6.05. The van der Waals surface area contributed by atoms with Crippen molar-refractivity contribution in [1.29, 1.82) is 0 Å². The number of nitrogens with zero attached hydrogens (tertiary/aromatic N) is 6. The third kappa shape index (κ3) is 3.68. The standard InChI is InChI=1S/C29H30N8O/c1-18(28-29-30-8-9-36(29)16-25(33-28)19-2-3-20-14-31-34-24(20)12-19)32-21-4-7-26-27(13-21)38-17-23-15-35(22-5-6-22)10-11-37(23)26/h2-4,7-9,12-14,16,18,22-23,32H,5-6,10-11,15,17H2,1H3,(H,31,34)/t18-,23+/m0/s1. The molecule has 3 aliphatic rings. The Kier molecular flexibility index (Phi) is 4.88. The molecule has 5 heterocycles. The minimum absolute atomic E-state index is 0.0628. The van der Waals surface area contributed by atoms with E-state index >= 15 is 0 Å². The molecule has 192 valence electrons. The predicted molar refractivity (Wildman–Crippen MR) is 148 cm³/mol. The zero-order valence-corrected chi connectivity index (χ0v) is 21.3. The van der Waals surface area contributed by atoms with Crippen LogP contribution < -0.4 is 15.0 Å².